The first-order chi connectivity index (χ1) is 19.9. The number of benzene rings is 4. The van der Waals surface area contributed by atoms with E-state index in [1.807, 2.05) is 31.2 Å². The molecule has 0 aliphatic carbocycles. The molecule has 214 valence electrons. The fraction of sp³-hybridized carbons (Fsp3) is 0.125. The fourth-order valence-corrected chi connectivity index (χ4v) is 4.53. The van der Waals surface area contributed by atoms with Gasteiger partial charge in [-0.2, -0.15) is 0 Å². The van der Waals surface area contributed by atoms with Gasteiger partial charge in [0, 0.05) is 5.41 Å². The summed E-state index contributed by atoms with van der Waals surface area (Å²) in [7, 11) is 0. The van der Waals surface area contributed by atoms with Crippen LogP contribution in [0.1, 0.15) is 72.8 Å². The lowest BCUT2D eigenvalue weighted by Crippen LogP contribution is -2.22. The second-order valence-electron chi connectivity index (χ2n) is 9.57. The van der Waals surface area contributed by atoms with Crippen LogP contribution in [0.4, 0.5) is 0 Å². The van der Waals surface area contributed by atoms with Gasteiger partial charge in [0.15, 0.2) is 0 Å². The third-order valence-corrected chi connectivity index (χ3v) is 7.07. The van der Waals surface area contributed by atoms with Gasteiger partial charge in [-0.1, -0.05) is 38.1 Å². The van der Waals surface area contributed by atoms with Crippen molar-refractivity contribution in [3.8, 4) is 23.0 Å². The van der Waals surface area contributed by atoms with Crippen molar-refractivity contribution in [2.24, 2.45) is 0 Å². The predicted octanol–water partition coefficient (Wildman–Crippen LogP) is 6.78. The molecule has 42 heavy (non-hydrogen) atoms. The van der Waals surface area contributed by atoms with Crippen LogP contribution in [-0.2, 0) is 5.41 Å². The van der Waals surface area contributed by atoms with E-state index in [0.717, 1.165) is 17.5 Å². The topological polar surface area (TPSA) is 168 Å². The summed E-state index contributed by atoms with van der Waals surface area (Å²) in [6, 6.07) is 22.1. The van der Waals surface area contributed by atoms with Gasteiger partial charge in [-0.05, 0) is 78.2 Å². The predicted molar refractivity (Wildman–Crippen MR) is 150 cm³/mol. The molecule has 10 nitrogen and oxygen atoms in total. The molecule has 0 aliphatic heterocycles. The van der Waals surface area contributed by atoms with Crippen molar-refractivity contribution in [2.75, 3.05) is 0 Å². The first-order valence-electron chi connectivity index (χ1n) is 12.7. The van der Waals surface area contributed by atoms with Crippen molar-refractivity contribution in [3.63, 3.8) is 0 Å². The van der Waals surface area contributed by atoms with Crippen molar-refractivity contribution < 1.29 is 49.1 Å². The van der Waals surface area contributed by atoms with Crippen molar-refractivity contribution in [3.05, 3.63) is 118 Å². The normalized spacial score (nSPS) is 11.0. The van der Waals surface area contributed by atoms with Gasteiger partial charge in [0.1, 0.15) is 23.0 Å². The highest BCUT2D eigenvalue weighted by Gasteiger charge is 2.27. The van der Waals surface area contributed by atoms with Crippen LogP contribution >= 0.6 is 0 Å². The average molecular weight is 571 g/mol. The molecule has 0 amide bonds. The van der Waals surface area contributed by atoms with Crippen molar-refractivity contribution in [1.29, 1.82) is 0 Å². The fourth-order valence-electron chi connectivity index (χ4n) is 4.53. The van der Waals surface area contributed by atoms with E-state index in [1.165, 1.54) is 36.4 Å². The quantitative estimate of drug-likeness (QED) is 0.151. The number of carbonyl (C=O) groups is 4. The Morgan fingerprint density at radius 2 is 0.833 bits per heavy atom. The standard InChI is InChI=1S/C32H26O10/c1-3-32(2,18-4-8-20(9-5-18)41-22-12-14-24(28(33)34)26(16-22)30(37)38)19-6-10-21(11-7-19)42-23-13-15-25(29(35)36)27(17-23)31(39)40/h4-17H,3H2,1-2H3,(H,33,34)(H,35,36)(H,37,38)(H,39,40). The van der Waals surface area contributed by atoms with Crippen LogP contribution in [0.2, 0.25) is 0 Å². The minimum Gasteiger partial charge on any atom is -0.478 e. The zero-order valence-electron chi connectivity index (χ0n) is 22.5. The van der Waals surface area contributed by atoms with Crippen LogP contribution in [0.15, 0.2) is 84.9 Å². The molecule has 0 radical (unpaired) electrons. The second kappa shape index (κ2) is 11.8. The molecule has 4 rings (SSSR count). The highest BCUT2D eigenvalue weighted by molar-refractivity contribution is 6.02. The summed E-state index contributed by atoms with van der Waals surface area (Å²) >= 11 is 0. The van der Waals surface area contributed by atoms with Crippen LogP contribution in [0, 0.1) is 0 Å². The zero-order valence-corrected chi connectivity index (χ0v) is 22.5. The Morgan fingerprint density at radius 1 is 0.524 bits per heavy atom. The zero-order chi connectivity index (χ0) is 30.6. The maximum atomic E-state index is 11.5. The molecule has 10 heteroatoms. The Kier molecular flexibility index (Phi) is 8.28. The minimum absolute atomic E-state index is 0.187. The van der Waals surface area contributed by atoms with Crippen LogP contribution in [-0.4, -0.2) is 44.3 Å². The summed E-state index contributed by atoms with van der Waals surface area (Å²) in [5.41, 5.74) is 0.144. The summed E-state index contributed by atoms with van der Waals surface area (Å²) < 4.78 is 11.6. The monoisotopic (exact) mass is 570 g/mol. The average Bonchev–Trinajstić information content (AvgIpc) is 2.97. The number of aromatic carboxylic acids is 4. The molecule has 0 bridgehead atoms. The third kappa shape index (κ3) is 6.07. The van der Waals surface area contributed by atoms with E-state index in [1.54, 1.807) is 24.3 Å². The van der Waals surface area contributed by atoms with Gasteiger partial charge in [-0.15, -0.1) is 0 Å². The number of ether oxygens (including phenoxy) is 2. The van der Waals surface area contributed by atoms with Gasteiger partial charge >= 0.3 is 23.9 Å². The highest BCUT2D eigenvalue weighted by Crippen LogP contribution is 2.38. The van der Waals surface area contributed by atoms with E-state index in [2.05, 4.69) is 6.92 Å². The number of hydrogen-bond donors (Lipinski definition) is 4. The number of rotatable bonds is 11. The summed E-state index contributed by atoms with van der Waals surface area (Å²) in [4.78, 5) is 45.5. The van der Waals surface area contributed by atoms with E-state index in [0.29, 0.717) is 11.5 Å². The maximum Gasteiger partial charge on any atom is 0.336 e. The molecule has 0 spiro atoms. The number of carboxylic acid groups (broad SMARTS) is 4. The first-order valence-corrected chi connectivity index (χ1v) is 12.7. The molecule has 0 atom stereocenters. The Morgan fingerprint density at radius 3 is 1.12 bits per heavy atom. The smallest absolute Gasteiger partial charge is 0.336 e. The van der Waals surface area contributed by atoms with E-state index >= 15 is 0 Å². The van der Waals surface area contributed by atoms with Gasteiger partial charge in [-0.3, -0.25) is 0 Å². The minimum atomic E-state index is -1.37. The summed E-state index contributed by atoms with van der Waals surface area (Å²) in [6.07, 6.45) is 0.741. The summed E-state index contributed by atoms with van der Waals surface area (Å²) in [5, 5.41) is 37.1. The van der Waals surface area contributed by atoms with Gasteiger partial charge < -0.3 is 29.9 Å². The van der Waals surface area contributed by atoms with E-state index < -0.39 is 29.3 Å². The lowest BCUT2D eigenvalue weighted by Gasteiger charge is -2.30. The van der Waals surface area contributed by atoms with E-state index in [4.69, 9.17) is 9.47 Å². The Hall–Kier alpha value is -5.64. The molecule has 0 fully saturated rings. The van der Waals surface area contributed by atoms with Crippen molar-refractivity contribution in [1.82, 2.24) is 0 Å². The second-order valence-corrected chi connectivity index (χ2v) is 9.57. The number of hydrogen-bond acceptors (Lipinski definition) is 6. The molecule has 0 saturated carbocycles. The van der Waals surface area contributed by atoms with Crippen LogP contribution in [0.5, 0.6) is 23.0 Å². The molecule has 0 aromatic heterocycles. The molecule has 0 heterocycles. The Bertz CT molecular complexity index is 1550. The van der Waals surface area contributed by atoms with Crippen LogP contribution in [0.3, 0.4) is 0 Å². The summed E-state index contributed by atoms with van der Waals surface area (Å²) in [6.45, 7) is 4.12. The van der Waals surface area contributed by atoms with Gasteiger partial charge in [-0.25, -0.2) is 19.2 Å². The van der Waals surface area contributed by atoms with Crippen LogP contribution in [0.25, 0.3) is 0 Å². The molecule has 4 aromatic rings. The molecule has 0 unspecified atom stereocenters. The maximum absolute atomic E-state index is 11.5. The lowest BCUT2D eigenvalue weighted by molar-refractivity contribution is 0.0651. The molecular weight excluding hydrogens is 544 g/mol. The molecule has 4 aromatic carbocycles. The highest BCUT2D eigenvalue weighted by atomic mass is 16.5. The van der Waals surface area contributed by atoms with Crippen molar-refractivity contribution in [2.45, 2.75) is 25.7 Å². The first kappa shape index (κ1) is 29.3. The largest absolute Gasteiger partial charge is 0.478 e. The van der Waals surface area contributed by atoms with E-state index in [-0.39, 0.29) is 33.8 Å². The molecule has 0 saturated heterocycles. The van der Waals surface area contributed by atoms with E-state index in [9.17, 15) is 39.6 Å². The van der Waals surface area contributed by atoms with Gasteiger partial charge in [0.25, 0.3) is 0 Å². The van der Waals surface area contributed by atoms with Crippen LogP contribution < -0.4 is 9.47 Å². The van der Waals surface area contributed by atoms with Gasteiger partial charge in [0.2, 0.25) is 0 Å². The Balaban J connectivity index is 1.53. The Labute approximate surface area is 240 Å². The lowest BCUT2D eigenvalue weighted by atomic mass is 9.74. The SMILES string of the molecule is CCC(C)(c1ccc(Oc2ccc(C(=O)O)c(C(=O)O)c2)cc1)c1ccc(Oc2ccc(C(=O)O)c(C(=O)O)c2)cc1. The summed E-state index contributed by atoms with van der Waals surface area (Å²) in [5.74, 6) is -4.18. The van der Waals surface area contributed by atoms with Gasteiger partial charge in [0.05, 0.1) is 22.3 Å². The molecular formula is C32H26O10. The molecule has 0 aliphatic rings. The van der Waals surface area contributed by atoms with Crippen molar-refractivity contribution >= 4 is 23.9 Å². The number of carboxylic acids is 4. The third-order valence-electron chi connectivity index (χ3n) is 7.07. The molecule has 4 N–H and O–H groups in total.